The molecule has 0 aromatic carbocycles. The van der Waals surface area contributed by atoms with E-state index in [1.165, 1.54) is 0 Å². The molecule has 0 amide bonds. The first-order valence-corrected chi connectivity index (χ1v) is 9.31. The smallest absolute Gasteiger partial charge is 0.304 e. The summed E-state index contributed by atoms with van der Waals surface area (Å²) in [7, 11) is 0. The van der Waals surface area contributed by atoms with Crippen LogP contribution in [-0.4, -0.2) is 48.7 Å². The Morgan fingerprint density at radius 3 is 1.33 bits per heavy atom. The molecule has 2 atom stereocenters. The van der Waals surface area contributed by atoms with E-state index < -0.39 is 17.7 Å². The number of hydrogen-bond acceptors (Lipinski definition) is 6. The average molecular weight is 385 g/mol. The maximum Gasteiger partial charge on any atom is 0.304 e. The number of aliphatic carboxylic acids is 2. The second-order valence-electron chi connectivity index (χ2n) is 5.86. The van der Waals surface area contributed by atoms with E-state index in [0.717, 1.165) is 32.1 Å². The SMILES string of the molecule is CCC(S)CC(=O)O.CCC(S)CC(=O)O.OC1(O)CCCCC1. The van der Waals surface area contributed by atoms with Crippen LogP contribution in [0.15, 0.2) is 0 Å². The van der Waals surface area contributed by atoms with Crippen molar-refractivity contribution >= 4 is 37.2 Å². The average Bonchev–Trinajstić information content (AvgIpc) is 2.46. The maximum absolute atomic E-state index is 9.92. The molecular formula is C16H32O6S2. The topological polar surface area (TPSA) is 115 Å². The molecule has 1 aliphatic rings. The molecule has 6 nitrogen and oxygen atoms in total. The molecule has 144 valence electrons. The summed E-state index contributed by atoms with van der Waals surface area (Å²) in [5.74, 6) is -2.86. The van der Waals surface area contributed by atoms with Gasteiger partial charge in [-0.25, -0.2) is 0 Å². The first-order chi connectivity index (χ1) is 11.0. The number of carbonyl (C=O) groups is 2. The fourth-order valence-corrected chi connectivity index (χ4v) is 2.12. The molecule has 0 heterocycles. The second-order valence-corrected chi connectivity index (χ2v) is 7.32. The van der Waals surface area contributed by atoms with Gasteiger partial charge in [0.05, 0.1) is 12.8 Å². The first-order valence-electron chi connectivity index (χ1n) is 8.28. The standard InChI is InChI=1S/C6H12O2.2C5H10O2S/c7-6(8)4-2-1-3-5-6;2*1-2-4(8)3-5(6)7/h7-8H,1-5H2;2*4,8H,2-3H2,1H3,(H,6,7). The molecule has 2 unspecified atom stereocenters. The summed E-state index contributed by atoms with van der Waals surface area (Å²) in [5.41, 5.74) is 0. The highest BCUT2D eigenvalue weighted by Crippen LogP contribution is 2.24. The largest absolute Gasteiger partial charge is 0.481 e. The third-order valence-electron chi connectivity index (χ3n) is 3.42. The van der Waals surface area contributed by atoms with Crippen LogP contribution in [0.5, 0.6) is 0 Å². The molecule has 8 heteroatoms. The van der Waals surface area contributed by atoms with E-state index in [1.54, 1.807) is 0 Å². The molecule has 1 fully saturated rings. The Balaban J connectivity index is 0. The van der Waals surface area contributed by atoms with Crippen LogP contribution in [-0.2, 0) is 9.59 Å². The number of aliphatic hydroxyl groups is 2. The van der Waals surface area contributed by atoms with E-state index in [1.807, 2.05) is 13.8 Å². The molecule has 0 bridgehead atoms. The normalized spacial score (nSPS) is 18.1. The summed E-state index contributed by atoms with van der Waals surface area (Å²) in [5, 5.41) is 34.2. The van der Waals surface area contributed by atoms with E-state index in [9.17, 15) is 9.59 Å². The van der Waals surface area contributed by atoms with E-state index in [4.69, 9.17) is 20.4 Å². The van der Waals surface area contributed by atoms with Gasteiger partial charge in [0.2, 0.25) is 0 Å². The molecule has 0 aromatic rings. The Kier molecular flexibility index (Phi) is 16.0. The highest BCUT2D eigenvalue weighted by Gasteiger charge is 2.24. The predicted octanol–water partition coefficient (Wildman–Crippen LogP) is 2.97. The molecule has 0 aliphatic heterocycles. The molecule has 1 aliphatic carbocycles. The molecule has 1 rings (SSSR count). The van der Waals surface area contributed by atoms with E-state index in [2.05, 4.69) is 25.3 Å². The van der Waals surface area contributed by atoms with Crippen LogP contribution < -0.4 is 0 Å². The quantitative estimate of drug-likeness (QED) is 0.310. The van der Waals surface area contributed by atoms with Crippen molar-refractivity contribution in [2.45, 2.75) is 87.9 Å². The van der Waals surface area contributed by atoms with Crippen molar-refractivity contribution in [3.63, 3.8) is 0 Å². The highest BCUT2D eigenvalue weighted by molar-refractivity contribution is 7.81. The van der Waals surface area contributed by atoms with Gasteiger partial charge in [-0.3, -0.25) is 9.59 Å². The lowest BCUT2D eigenvalue weighted by molar-refractivity contribution is -0.180. The van der Waals surface area contributed by atoms with Crippen LogP contribution in [0.4, 0.5) is 0 Å². The summed E-state index contributed by atoms with van der Waals surface area (Å²) in [4.78, 5) is 19.8. The van der Waals surface area contributed by atoms with Gasteiger partial charge in [-0.1, -0.05) is 20.3 Å². The van der Waals surface area contributed by atoms with Gasteiger partial charge in [0, 0.05) is 23.3 Å². The third kappa shape index (κ3) is 19.6. The Hall–Kier alpha value is -0.440. The van der Waals surface area contributed by atoms with Gasteiger partial charge >= 0.3 is 11.9 Å². The Bertz CT molecular complexity index is 319. The molecule has 0 radical (unpaired) electrons. The first kappa shape index (κ1) is 25.8. The summed E-state index contributed by atoms with van der Waals surface area (Å²) in [6, 6.07) is 0. The molecule has 1 saturated carbocycles. The summed E-state index contributed by atoms with van der Waals surface area (Å²) >= 11 is 7.98. The van der Waals surface area contributed by atoms with Crippen LogP contribution in [0, 0.1) is 0 Å². The number of thiol groups is 2. The monoisotopic (exact) mass is 384 g/mol. The predicted molar refractivity (Wildman–Crippen MR) is 101 cm³/mol. The number of carboxylic acids is 2. The fourth-order valence-electron chi connectivity index (χ4n) is 1.81. The van der Waals surface area contributed by atoms with Crippen molar-refractivity contribution in [1.82, 2.24) is 0 Å². The van der Waals surface area contributed by atoms with Crippen molar-refractivity contribution in [3.05, 3.63) is 0 Å². The Morgan fingerprint density at radius 1 is 0.875 bits per heavy atom. The van der Waals surface area contributed by atoms with Gasteiger partial charge < -0.3 is 20.4 Å². The zero-order valence-electron chi connectivity index (χ0n) is 14.5. The van der Waals surface area contributed by atoms with Crippen molar-refractivity contribution in [2.75, 3.05) is 0 Å². The van der Waals surface area contributed by atoms with Gasteiger partial charge in [0.15, 0.2) is 5.79 Å². The van der Waals surface area contributed by atoms with Gasteiger partial charge in [-0.15, -0.1) is 0 Å². The number of hydrogen-bond donors (Lipinski definition) is 6. The van der Waals surface area contributed by atoms with Crippen LogP contribution in [0.1, 0.15) is 71.6 Å². The van der Waals surface area contributed by atoms with Crippen LogP contribution in [0.2, 0.25) is 0 Å². The van der Waals surface area contributed by atoms with Crippen LogP contribution in [0.3, 0.4) is 0 Å². The molecule has 4 N–H and O–H groups in total. The zero-order valence-corrected chi connectivity index (χ0v) is 16.3. The minimum atomic E-state index is -1.32. The van der Waals surface area contributed by atoms with Crippen LogP contribution in [0.25, 0.3) is 0 Å². The lowest BCUT2D eigenvalue weighted by Crippen LogP contribution is -2.30. The van der Waals surface area contributed by atoms with Crippen LogP contribution >= 0.6 is 25.3 Å². The van der Waals surface area contributed by atoms with Crippen molar-refractivity contribution in [3.8, 4) is 0 Å². The Labute approximate surface area is 155 Å². The maximum atomic E-state index is 9.92. The lowest BCUT2D eigenvalue weighted by Gasteiger charge is -2.25. The fraction of sp³-hybridized carbons (Fsp3) is 0.875. The third-order valence-corrected chi connectivity index (χ3v) is 4.51. The van der Waals surface area contributed by atoms with E-state index in [0.29, 0.717) is 12.8 Å². The second kappa shape index (κ2) is 14.9. The molecule has 0 aromatic heterocycles. The van der Waals surface area contributed by atoms with Gasteiger partial charge in [-0.05, 0) is 25.7 Å². The highest BCUT2D eigenvalue weighted by atomic mass is 32.1. The van der Waals surface area contributed by atoms with Gasteiger partial charge in [-0.2, -0.15) is 25.3 Å². The molecule has 0 spiro atoms. The molecule has 24 heavy (non-hydrogen) atoms. The summed E-state index contributed by atoms with van der Waals surface area (Å²) in [6.45, 7) is 3.83. The molecular weight excluding hydrogens is 352 g/mol. The number of rotatable bonds is 6. The van der Waals surface area contributed by atoms with Gasteiger partial charge in [0.25, 0.3) is 0 Å². The summed E-state index contributed by atoms with van der Waals surface area (Å²) in [6.07, 6.45) is 6.17. The minimum Gasteiger partial charge on any atom is -0.481 e. The summed E-state index contributed by atoms with van der Waals surface area (Å²) < 4.78 is 0. The van der Waals surface area contributed by atoms with Crippen molar-refractivity contribution in [1.29, 1.82) is 0 Å². The lowest BCUT2D eigenvalue weighted by atomic mass is 9.95. The van der Waals surface area contributed by atoms with Crippen molar-refractivity contribution in [2.24, 2.45) is 0 Å². The van der Waals surface area contributed by atoms with Crippen molar-refractivity contribution < 1.29 is 30.0 Å². The van der Waals surface area contributed by atoms with Gasteiger partial charge in [0.1, 0.15) is 0 Å². The zero-order chi connectivity index (χ0) is 19.2. The Morgan fingerprint density at radius 2 is 1.21 bits per heavy atom. The van der Waals surface area contributed by atoms with E-state index >= 15 is 0 Å². The number of carboxylic acid groups (broad SMARTS) is 2. The van der Waals surface area contributed by atoms with E-state index in [-0.39, 0.29) is 23.3 Å². The molecule has 0 saturated heterocycles. The minimum absolute atomic E-state index is 0.0208.